The van der Waals surface area contributed by atoms with Crippen molar-refractivity contribution in [3.8, 4) is 29.1 Å². The fourth-order valence-corrected chi connectivity index (χ4v) is 5.28. The molecule has 0 radical (unpaired) electrons. The van der Waals surface area contributed by atoms with Crippen molar-refractivity contribution in [2.75, 3.05) is 46.9 Å². The average molecular weight is 570 g/mol. The zero-order valence-electron chi connectivity index (χ0n) is 24.5. The quantitative estimate of drug-likeness (QED) is 0.401. The van der Waals surface area contributed by atoms with Gasteiger partial charge in [0.25, 0.3) is 5.91 Å². The fraction of sp³-hybridized carbons (Fsp3) is 0.344. The van der Waals surface area contributed by atoms with Gasteiger partial charge >= 0.3 is 0 Å². The number of amides is 1. The van der Waals surface area contributed by atoms with Gasteiger partial charge in [0, 0.05) is 29.8 Å². The van der Waals surface area contributed by atoms with Gasteiger partial charge in [-0.05, 0) is 68.0 Å². The first-order chi connectivity index (χ1) is 20.2. The van der Waals surface area contributed by atoms with E-state index in [0.29, 0.717) is 40.9 Å². The second-order valence-electron chi connectivity index (χ2n) is 10.7. The molecule has 0 saturated carbocycles. The van der Waals surface area contributed by atoms with Crippen LogP contribution in [-0.2, 0) is 11.2 Å². The molecule has 2 aliphatic rings. The zero-order chi connectivity index (χ0) is 30.0. The molecule has 218 valence electrons. The number of rotatable bonds is 8. The smallest absolute Gasteiger partial charge is 0.253 e. The standard InChI is InChI=1S/C32H35N5O5/c1-6-36(3)17-25(21-9-12-26(39-4)27(13-21)40-5)31(38)37-32(2,18-33)16-22-14-28-29(42-19-41-28)15-24(22)30(35-37)20-7-10-23(34)11-8-20/h7-15,25H,6,16-17,19,34H2,1-5H3. The molecule has 0 spiro atoms. The molecule has 10 nitrogen and oxygen atoms in total. The van der Waals surface area contributed by atoms with E-state index >= 15 is 0 Å². The Kier molecular flexibility index (Phi) is 7.96. The second kappa shape index (κ2) is 11.6. The minimum absolute atomic E-state index is 0.116. The Balaban J connectivity index is 1.69. The van der Waals surface area contributed by atoms with E-state index < -0.39 is 11.5 Å². The Bertz CT molecular complexity index is 1560. The predicted molar refractivity (Wildman–Crippen MR) is 159 cm³/mol. The van der Waals surface area contributed by atoms with Crippen LogP contribution in [0.5, 0.6) is 23.0 Å². The zero-order valence-corrected chi connectivity index (χ0v) is 24.5. The molecule has 0 aromatic heterocycles. The lowest BCUT2D eigenvalue weighted by molar-refractivity contribution is -0.137. The van der Waals surface area contributed by atoms with Crippen LogP contribution in [0.25, 0.3) is 0 Å². The number of carbonyl (C=O) groups excluding carboxylic acids is 1. The highest BCUT2D eigenvalue weighted by molar-refractivity contribution is 6.15. The fourth-order valence-electron chi connectivity index (χ4n) is 5.28. The largest absolute Gasteiger partial charge is 0.493 e. The monoisotopic (exact) mass is 569 g/mol. The van der Waals surface area contributed by atoms with Crippen LogP contribution in [0.2, 0.25) is 0 Å². The molecule has 2 heterocycles. The Hall–Kier alpha value is -4.75. The molecule has 0 saturated heterocycles. The number of hydrazone groups is 1. The third-order valence-corrected chi connectivity index (χ3v) is 7.83. The summed E-state index contributed by atoms with van der Waals surface area (Å²) >= 11 is 0. The Labute approximate surface area is 245 Å². The number of hydrogen-bond donors (Lipinski definition) is 1. The maximum Gasteiger partial charge on any atom is 0.253 e. The van der Waals surface area contributed by atoms with Crippen LogP contribution < -0.4 is 24.7 Å². The van der Waals surface area contributed by atoms with Crippen LogP contribution in [0.15, 0.2) is 59.7 Å². The molecule has 3 aromatic rings. The van der Waals surface area contributed by atoms with E-state index in [1.54, 1.807) is 39.3 Å². The number of carbonyl (C=O) groups is 1. The van der Waals surface area contributed by atoms with Crippen molar-refractivity contribution >= 4 is 17.3 Å². The van der Waals surface area contributed by atoms with Crippen LogP contribution in [0, 0.1) is 11.3 Å². The molecule has 0 bridgehead atoms. The van der Waals surface area contributed by atoms with E-state index in [1.165, 1.54) is 5.01 Å². The maximum absolute atomic E-state index is 14.7. The maximum atomic E-state index is 14.7. The van der Waals surface area contributed by atoms with Crippen molar-refractivity contribution in [1.29, 1.82) is 5.26 Å². The van der Waals surface area contributed by atoms with E-state index in [0.717, 1.165) is 28.8 Å². The Morgan fingerprint density at radius 3 is 2.45 bits per heavy atom. The Morgan fingerprint density at radius 2 is 1.81 bits per heavy atom. The number of likely N-dealkylation sites (N-methyl/N-ethyl adjacent to an activating group) is 1. The molecule has 42 heavy (non-hydrogen) atoms. The molecule has 3 aromatic carbocycles. The normalized spacial score (nSPS) is 18.0. The Morgan fingerprint density at radius 1 is 1.12 bits per heavy atom. The topological polar surface area (TPSA) is 123 Å². The second-order valence-corrected chi connectivity index (χ2v) is 10.7. The van der Waals surface area contributed by atoms with Crippen molar-refractivity contribution in [1.82, 2.24) is 9.91 Å². The van der Waals surface area contributed by atoms with E-state index in [1.807, 2.05) is 50.4 Å². The van der Waals surface area contributed by atoms with Gasteiger partial charge in [-0.15, -0.1) is 0 Å². The molecule has 2 unspecified atom stereocenters. The molecular formula is C32H35N5O5. The number of fused-ring (bicyclic) bond motifs is 2. The molecule has 10 heteroatoms. The summed E-state index contributed by atoms with van der Waals surface area (Å²) in [5.41, 5.74) is 8.87. The van der Waals surface area contributed by atoms with Gasteiger partial charge in [-0.25, -0.2) is 5.01 Å². The van der Waals surface area contributed by atoms with Gasteiger partial charge in [0.05, 0.1) is 31.9 Å². The molecular weight excluding hydrogens is 534 g/mol. The lowest BCUT2D eigenvalue weighted by Crippen LogP contribution is -2.50. The number of ether oxygens (including phenoxy) is 4. The molecule has 0 fully saturated rings. The summed E-state index contributed by atoms with van der Waals surface area (Å²) in [7, 11) is 5.08. The van der Waals surface area contributed by atoms with Gasteiger partial charge in [0.15, 0.2) is 28.5 Å². The summed E-state index contributed by atoms with van der Waals surface area (Å²) in [4.78, 5) is 16.8. The first-order valence-corrected chi connectivity index (χ1v) is 13.7. The number of benzene rings is 3. The molecule has 5 rings (SSSR count). The summed E-state index contributed by atoms with van der Waals surface area (Å²) in [6.45, 7) is 5.01. The first-order valence-electron chi connectivity index (χ1n) is 13.7. The van der Waals surface area contributed by atoms with Crippen molar-refractivity contribution in [2.45, 2.75) is 31.7 Å². The van der Waals surface area contributed by atoms with Gasteiger partial charge in [0.2, 0.25) is 6.79 Å². The van der Waals surface area contributed by atoms with Gasteiger partial charge in [-0.2, -0.15) is 10.4 Å². The molecule has 0 aliphatic carbocycles. The van der Waals surface area contributed by atoms with Crippen molar-refractivity contribution in [3.63, 3.8) is 0 Å². The van der Waals surface area contributed by atoms with Crippen LogP contribution in [0.3, 0.4) is 0 Å². The molecule has 1 amide bonds. The van der Waals surface area contributed by atoms with Crippen LogP contribution >= 0.6 is 0 Å². The van der Waals surface area contributed by atoms with Crippen molar-refractivity contribution < 1.29 is 23.7 Å². The van der Waals surface area contributed by atoms with Crippen LogP contribution in [0.1, 0.15) is 42.0 Å². The summed E-state index contributed by atoms with van der Waals surface area (Å²) in [5, 5.41) is 17.0. The highest BCUT2D eigenvalue weighted by atomic mass is 16.7. The summed E-state index contributed by atoms with van der Waals surface area (Å²) in [6, 6.07) is 18.9. The SMILES string of the molecule is CCN(C)CC(C(=O)N1N=C(c2ccc(N)cc2)c2cc3c(cc2CC1(C)C#N)OCO3)c1ccc(OC)c(OC)c1. The number of methoxy groups -OCH3 is 2. The summed E-state index contributed by atoms with van der Waals surface area (Å²) < 4.78 is 22.3. The molecule has 2 atom stereocenters. The predicted octanol–water partition coefficient (Wildman–Crippen LogP) is 4.17. The first kappa shape index (κ1) is 28.8. The number of anilines is 1. The van der Waals surface area contributed by atoms with E-state index in [4.69, 9.17) is 29.8 Å². The van der Waals surface area contributed by atoms with E-state index in [2.05, 4.69) is 11.0 Å². The number of nitrogens with zero attached hydrogens (tertiary/aromatic N) is 4. The highest BCUT2D eigenvalue weighted by Crippen LogP contribution is 2.40. The molecule has 2 N–H and O–H groups in total. The van der Waals surface area contributed by atoms with Crippen molar-refractivity contribution in [2.24, 2.45) is 5.10 Å². The van der Waals surface area contributed by atoms with Crippen LogP contribution in [-0.4, -0.2) is 68.2 Å². The lowest BCUT2D eigenvalue weighted by Gasteiger charge is -2.34. The third-order valence-electron chi connectivity index (χ3n) is 7.83. The third kappa shape index (κ3) is 5.31. The van der Waals surface area contributed by atoms with Gasteiger partial charge in [-0.1, -0.05) is 25.1 Å². The molecule has 2 aliphatic heterocycles. The van der Waals surface area contributed by atoms with Crippen LogP contribution in [0.4, 0.5) is 5.69 Å². The van der Waals surface area contributed by atoms with E-state index in [9.17, 15) is 10.1 Å². The highest BCUT2D eigenvalue weighted by Gasteiger charge is 2.43. The summed E-state index contributed by atoms with van der Waals surface area (Å²) in [5.74, 6) is 1.29. The van der Waals surface area contributed by atoms with E-state index in [-0.39, 0.29) is 19.1 Å². The number of hydrogen-bond acceptors (Lipinski definition) is 9. The minimum atomic E-state index is -1.31. The van der Waals surface area contributed by atoms with Crippen molar-refractivity contribution in [3.05, 3.63) is 76.9 Å². The number of nitriles is 1. The van der Waals surface area contributed by atoms with Gasteiger partial charge in [-0.3, -0.25) is 4.79 Å². The van der Waals surface area contributed by atoms with Gasteiger partial charge in [0.1, 0.15) is 0 Å². The minimum Gasteiger partial charge on any atom is -0.493 e. The average Bonchev–Trinajstić information content (AvgIpc) is 3.42. The number of nitrogen functional groups attached to an aromatic ring is 1. The van der Waals surface area contributed by atoms with Gasteiger partial charge < -0.3 is 29.6 Å². The lowest BCUT2D eigenvalue weighted by atomic mass is 9.87. The number of nitrogens with two attached hydrogens (primary N) is 1. The summed E-state index contributed by atoms with van der Waals surface area (Å²) in [6.07, 6.45) is 0.228.